The lowest BCUT2D eigenvalue weighted by Gasteiger charge is -2.27. The first-order valence-electron chi connectivity index (χ1n) is 9.67. The molecule has 0 aliphatic carbocycles. The molecule has 30 heavy (non-hydrogen) atoms. The Kier molecular flexibility index (Phi) is 5.07. The standard InChI is InChI=1S/C22H23ClN6O/c1-13(22(2,3)4)27-21(30)16-9-24-20-19(16)28-17(10-25-20)18-11-29(12-26-18)15-7-5-6-14(23)8-15/h5-13H,1-4H3,(H,24,25)(H,27,30)/t13-/m0/s1. The number of amides is 1. The van der Waals surface area contributed by atoms with Gasteiger partial charge in [0, 0.05) is 29.1 Å². The summed E-state index contributed by atoms with van der Waals surface area (Å²) in [5.74, 6) is -0.181. The highest BCUT2D eigenvalue weighted by molar-refractivity contribution is 6.30. The molecule has 0 saturated heterocycles. The summed E-state index contributed by atoms with van der Waals surface area (Å²) in [6, 6.07) is 7.50. The van der Waals surface area contributed by atoms with Crippen LogP contribution in [0, 0.1) is 5.41 Å². The number of nitrogens with zero attached hydrogens (tertiary/aromatic N) is 4. The quantitative estimate of drug-likeness (QED) is 0.502. The molecular weight excluding hydrogens is 400 g/mol. The van der Waals surface area contributed by atoms with Crippen LogP contribution in [-0.4, -0.2) is 36.5 Å². The Morgan fingerprint density at radius 3 is 2.77 bits per heavy atom. The van der Waals surface area contributed by atoms with Crippen molar-refractivity contribution in [3.8, 4) is 17.1 Å². The normalized spacial score (nSPS) is 12.8. The number of fused-ring (bicyclic) bond motifs is 1. The van der Waals surface area contributed by atoms with Crippen molar-refractivity contribution in [3.05, 3.63) is 59.8 Å². The molecule has 4 rings (SSSR count). The average molecular weight is 423 g/mol. The largest absolute Gasteiger partial charge is 0.349 e. The predicted octanol–water partition coefficient (Wildman–Crippen LogP) is 4.63. The minimum Gasteiger partial charge on any atom is -0.349 e. The Hall–Kier alpha value is -3.19. The van der Waals surface area contributed by atoms with Gasteiger partial charge in [0.1, 0.15) is 16.9 Å². The van der Waals surface area contributed by atoms with E-state index >= 15 is 0 Å². The van der Waals surface area contributed by atoms with E-state index in [1.54, 1.807) is 18.7 Å². The van der Waals surface area contributed by atoms with Crippen molar-refractivity contribution < 1.29 is 4.79 Å². The van der Waals surface area contributed by atoms with Gasteiger partial charge in [0.15, 0.2) is 5.65 Å². The monoisotopic (exact) mass is 422 g/mol. The van der Waals surface area contributed by atoms with Crippen LogP contribution in [0.5, 0.6) is 0 Å². The van der Waals surface area contributed by atoms with Crippen molar-refractivity contribution in [1.29, 1.82) is 0 Å². The third kappa shape index (κ3) is 3.93. The fraction of sp³-hybridized carbons (Fsp3) is 0.273. The number of rotatable bonds is 4. The molecule has 0 bridgehead atoms. The maximum atomic E-state index is 12.8. The first kappa shape index (κ1) is 20.1. The summed E-state index contributed by atoms with van der Waals surface area (Å²) in [6.45, 7) is 8.25. The second kappa shape index (κ2) is 7.57. The van der Waals surface area contributed by atoms with E-state index in [9.17, 15) is 4.79 Å². The van der Waals surface area contributed by atoms with Crippen LogP contribution in [0.4, 0.5) is 0 Å². The molecule has 3 aromatic heterocycles. The third-order valence-electron chi connectivity index (χ3n) is 5.22. The van der Waals surface area contributed by atoms with Crippen LogP contribution < -0.4 is 5.32 Å². The third-order valence-corrected chi connectivity index (χ3v) is 5.46. The number of imidazole rings is 1. The Balaban J connectivity index is 1.66. The van der Waals surface area contributed by atoms with Gasteiger partial charge in [-0.2, -0.15) is 0 Å². The number of aromatic nitrogens is 5. The minimum absolute atomic E-state index is 0.000475. The molecule has 3 heterocycles. The molecule has 2 N–H and O–H groups in total. The van der Waals surface area contributed by atoms with Crippen molar-refractivity contribution in [2.24, 2.45) is 5.41 Å². The Bertz CT molecular complexity index is 1220. The predicted molar refractivity (Wildman–Crippen MR) is 118 cm³/mol. The Labute approximate surface area is 179 Å². The summed E-state index contributed by atoms with van der Waals surface area (Å²) < 4.78 is 1.86. The first-order valence-corrected chi connectivity index (χ1v) is 10.1. The van der Waals surface area contributed by atoms with E-state index in [1.165, 1.54) is 0 Å². The van der Waals surface area contributed by atoms with Crippen LogP contribution in [0.25, 0.3) is 28.2 Å². The molecule has 0 aliphatic heterocycles. The van der Waals surface area contributed by atoms with E-state index in [0.717, 1.165) is 5.69 Å². The summed E-state index contributed by atoms with van der Waals surface area (Å²) in [7, 11) is 0. The molecule has 0 spiro atoms. The van der Waals surface area contributed by atoms with Crippen molar-refractivity contribution in [3.63, 3.8) is 0 Å². The van der Waals surface area contributed by atoms with Crippen molar-refractivity contribution in [2.75, 3.05) is 0 Å². The van der Waals surface area contributed by atoms with Crippen LogP contribution in [0.2, 0.25) is 5.02 Å². The number of halogens is 1. The zero-order chi connectivity index (χ0) is 21.5. The number of hydrogen-bond donors (Lipinski definition) is 2. The van der Waals surface area contributed by atoms with E-state index in [0.29, 0.717) is 33.1 Å². The lowest BCUT2D eigenvalue weighted by atomic mass is 9.88. The summed E-state index contributed by atoms with van der Waals surface area (Å²) >= 11 is 6.09. The molecule has 4 aromatic rings. The van der Waals surface area contributed by atoms with Crippen molar-refractivity contribution in [1.82, 2.24) is 29.8 Å². The molecule has 0 saturated carbocycles. The van der Waals surface area contributed by atoms with Gasteiger partial charge in [-0.25, -0.2) is 15.0 Å². The summed E-state index contributed by atoms with van der Waals surface area (Å²) in [5.41, 5.74) is 3.62. The molecule has 0 unspecified atom stereocenters. The van der Waals surface area contributed by atoms with Crippen LogP contribution in [0.1, 0.15) is 38.1 Å². The highest BCUT2D eigenvalue weighted by Crippen LogP contribution is 2.23. The van der Waals surface area contributed by atoms with Crippen LogP contribution in [0.3, 0.4) is 0 Å². The first-order chi connectivity index (χ1) is 14.2. The number of benzene rings is 1. The fourth-order valence-corrected chi connectivity index (χ4v) is 3.10. The lowest BCUT2D eigenvalue weighted by molar-refractivity contribution is 0.0911. The van der Waals surface area contributed by atoms with Crippen LogP contribution in [-0.2, 0) is 0 Å². The molecule has 1 amide bonds. The van der Waals surface area contributed by atoms with Gasteiger partial charge in [-0.3, -0.25) is 4.79 Å². The van der Waals surface area contributed by atoms with Gasteiger partial charge in [-0.05, 0) is 30.5 Å². The number of carbonyl (C=O) groups is 1. The highest BCUT2D eigenvalue weighted by atomic mass is 35.5. The van der Waals surface area contributed by atoms with E-state index in [2.05, 4.69) is 46.0 Å². The van der Waals surface area contributed by atoms with Gasteiger partial charge in [0.2, 0.25) is 0 Å². The molecule has 0 aliphatic rings. The van der Waals surface area contributed by atoms with Gasteiger partial charge in [0.05, 0.1) is 18.1 Å². The summed E-state index contributed by atoms with van der Waals surface area (Å²) in [4.78, 5) is 29.4. The maximum Gasteiger partial charge on any atom is 0.255 e. The topological polar surface area (TPSA) is 88.5 Å². The van der Waals surface area contributed by atoms with E-state index in [4.69, 9.17) is 11.6 Å². The Morgan fingerprint density at radius 2 is 2.03 bits per heavy atom. The van der Waals surface area contributed by atoms with E-state index < -0.39 is 0 Å². The van der Waals surface area contributed by atoms with E-state index in [1.807, 2.05) is 42.0 Å². The number of carbonyl (C=O) groups excluding carboxylic acids is 1. The van der Waals surface area contributed by atoms with Crippen LogP contribution in [0.15, 0.2) is 49.2 Å². The zero-order valence-corrected chi connectivity index (χ0v) is 18.0. The number of aromatic amines is 1. The van der Waals surface area contributed by atoms with Gasteiger partial charge >= 0.3 is 0 Å². The number of hydrogen-bond acceptors (Lipinski definition) is 4. The zero-order valence-electron chi connectivity index (χ0n) is 17.3. The van der Waals surface area contributed by atoms with E-state index in [-0.39, 0.29) is 17.4 Å². The SMILES string of the molecule is C[C@H](NC(=O)c1c[nH]c2ncc(-c3cn(-c4cccc(Cl)c4)cn3)nc12)C(C)(C)C. The summed E-state index contributed by atoms with van der Waals surface area (Å²) in [5, 5.41) is 3.70. The van der Waals surface area contributed by atoms with Gasteiger partial charge in [-0.15, -0.1) is 0 Å². The second-order valence-electron chi connectivity index (χ2n) is 8.36. The smallest absolute Gasteiger partial charge is 0.255 e. The summed E-state index contributed by atoms with van der Waals surface area (Å²) in [6.07, 6.45) is 6.84. The van der Waals surface area contributed by atoms with Crippen molar-refractivity contribution >= 4 is 28.7 Å². The van der Waals surface area contributed by atoms with Crippen LogP contribution >= 0.6 is 11.6 Å². The highest BCUT2D eigenvalue weighted by Gasteiger charge is 2.24. The fourth-order valence-electron chi connectivity index (χ4n) is 2.91. The number of nitrogens with one attached hydrogen (secondary N) is 2. The maximum absolute atomic E-state index is 12.8. The lowest BCUT2D eigenvalue weighted by Crippen LogP contribution is -2.41. The molecule has 1 atom stereocenters. The number of H-pyrrole nitrogens is 1. The molecule has 8 heteroatoms. The van der Waals surface area contributed by atoms with Crippen molar-refractivity contribution in [2.45, 2.75) is 33.7 Å². The second-order valence-corrected chi connectivity index (χ2v) is 8.80. The van der Waals surface area contributed by atoms with Gasteiger partial charge in [0.25, 0.3) is 5.91 Å². The molecule has 0 radical (unpaired) electrons. The molecule has 0 fully saturated rings. The molecular formula is C22H23ClN6O. The van der Waals surface area contributed by atoms with Gasteiger partial charge in [-0.1, -0.05) is 38.4 Å². The minimum atomic E-state index is -0.181. The average Bonchev–Trinajstić information content (AvgIpc) is 3.34. The molecule has 1 aromatic carbocycles. The molecule has 154 valence electrons. The van der Waals surface area contributed by atoms with Gasteiger partial charge < -0.3 is 14.9 Å². The Morgan fingerprint density at radius 1 is 1.23 bits per heavy atom. The molecule has 7 nitrogen and oxygen atoms in total.